The van der Waals surface area contributed by atoms with Crippen molar-refractivity contribution in [1.29, 1.82) is 0 Å². The Morgan fingerprint density at radius 3 is 2.53 bits per heavy atom. The van der Waals surface area contributed by atoms with Gasteiger partial charge in [0.2, 0.25) is 0 Å². The zero-order chi connectivity index (χ0) is 22.9. The molecule has 4 aromatic rings. The summed E-state index contributed by atoms with van der Waals surface area (Å²) in [4.78, 5) is 5.05. The van der Waals surface area contributed by atoms with Crippen LogP contribution in [0.5, 0.6) is 0 Å². The van der Waals surface area contributed by atoms with Crippen molar-refractivity contribution in [2.75, 3.05) is 6.61 Å². The summed E-state index contributed by atoms with van der Waals surface area (Å²) in [7, 11) is 0. The van der Waals surface area contributed by atoms with Crippen LogP contribution in [0.1, 0.15) is 45.6 Å². The highest BCUT2D eigenvalue weighted by Gasteiger charge is 2.43. The molecule has 5 heterocycles. The average Bonchev–Trinajstić information content (AvgIpc) is 3.60. The van der Waals surface area contributed by atoms with Crippen molar-refractivity contribution in [3.63, 3.8) is 0 Å². The molecule has 176 valence electrons. The van der Waals surface area contributed by atoms with Gasteiger partial charge in [-0.05, 0) is 57.4 Å². The van der Waals surface area contributed by atoms with Crippen LogP contribution in [0.2, 0.25) is 0 Å². The normalized spacial score (nSPS) is 22.3. The van der Waals surface area contributed by atoms with Crippen LogP contribution in [0.25, 0.3) is 28.0 Å². The summed E-state index contributed by atoms with van der Waals surface area (Å²) >= 11 is 0. The Balaban J connectivity index is 1.20. The molecule has 1 aliphatic heterocycles. The first kappa shape index (κ1) is 20.3. The molecule has 2 aliphatic carbocycles. The first-order valence-electron chi connectivity index (χ1n) is 12.3. The molecule has 0 N–H and O–H groups in total. The minimum Gasteiger partial charge on any atom is -0.348 e. The standard InChI is InChI=1S/C25H29N7O2/c1-25(2)33-15-20(34-25)13-30-11-18(9-27-30)21-14-31-22(7-8-26-31)23(29-21)19-10-28-32(12-19)24(16-3-4-16)17-5-6-17/h7-12,14,16-17,20,24H,3-6,13,15H2,1-2H3. The summed E-state index contributed by atoms with van der Waals surface area (Å²) in [6.07, 6.45) is 17.1. The van der Waals surface area contributed by atoms with Gasteiger partial charge in [-0.1, -0.05) is 0 Å². The Morgan fingerprint density at radius 2 is 1.79 bits per heavy atom. The monoisotopic (exact) mass is 459 g/mol. The maximum absolute atomic E-state index is 5.93. The van der Waals surface area contributed by atoms with Crippen LogP contribution < -0.4 is 0 Å². The first-order chi connectivity index (χ1) is 16.5. The largest absolute Gasteiger partial charge is 0.348 e. The van der Waals surface area contributed by atoms with Crippen molar-refractivity contribution in [3.8, 4) is 22.5 Å². The van der Waals surface area contributed by atoms with Crippen LogP contribution >= 0.6 is 0 Å². The van der Waals surface area contributed by atoms with Crippen molar-refractivity contribution in [1.82, 2.24) is 34.2 Å². The Kier molecular flexibility index (Phi) is 4.48. The molecular formula is C25H29N7O2. The fourth-order valence-electron chi connectivity index (χ4n) is 5.25. The highest BCUT2D eigenvalue weighted by Crippen LogP contribution is 2.52. The van der Waals surface area contributed by atoms with Crippen LogP contribution in [0.4, 0.5) is 0 Å². The molecule has 3 fully saturated rings. The molecule has 9 heteroatoms. The summed E-state index contributed by atoms with van der Waals surface area (Å²) in [5, 5.41) is 13.8. The van der Waals surface area contributed by atoms with E-state index in [1.807, 2.05) is 60.1 Å². The van der Waals surface area contributed by atoms with Gasteiger partial charge in [0.25, 0.3) is 0 Å². The molecule has 0 bridgehead atoms. The van der Waals surface area contributed by atoms with Gasteiger partial charge in [-0.2, -0.15) is 15.3 Å². The second-order valence-electron chi connectivity index (χ2n) is 10.4. The van der Waals surface area contributed by atoms with Crippen molar-refractivity contribution in [2.45, 2.75) is 64.0 Å². The number of fused-ring (bicyclic) bond motifs is 1. The zero-order valence-electron chi connectivity index (χ0n) is 19.5. The molecule has 34 heavy (non-hydrogen) atoms. The highest BCUT2D eigenvalue weighted by molar-refractivity contribution is 5.78. The van der Waals surface area contributed by atoms with E-state index in [1.54, 1.807) is 0 Å². The summed E-state index contributed by atoms with van der Waals surface area (Å²) in [5.74, 6) is 1.05. The molecule has 0 spiro atoms. The third-order valence-electron chi connectivity index (χ3n) is 7.17. The summed E-state index contributed by atoms with van der Waals surface area (Å²) in [5.41, 5.74) is 4.68. The molecule has 2 saturated carbocycles. The van der Waals surface area contributed by atoms with Gasteiger partial charge in [-0.3, -0.25) is 9.36 Å². The van der Waals surface area contributed by atoms with E-state index < -0.39 is 5.79 Å². The minimum atomic E-state index is -0.537. The van der Waals surface area contributed by atoms with E-state index in [-0.39, 0.29) is 6.10 Å². The Morgan fingerprint density at radius 1 is 1.00 bits per heavy atom. The van der Waals surface area contributed by atoms with Gasteiger partial charge in [-0.25, -0.2) is 9.50 Å². The Bertz CT molecular complexity index is 1330. The smallest absolute Gasteiger partial charge is 0.163 e. The van der Waals surface area contributed by atoms with Crippen molar-refractivity contribution >= 4 is 5.52 Å². The van der Waals surface area contributed by atoms with Crippen LogP contribution in [-0.2, 0) is 16.0 Å². The molecule has 7 rings (SSSR count). The Hall–Kier alpha value is -3.04. The quantitative estimate of drug-likeness (QED) is 0.416. The van der Waals surface area contributed by atoms with Crippen LogP contribution in [0.3, 0.4) is 0 Å². The molecule has 1 atom stereocenters. The van der Waals surface area contributed by atoms with E-state index in [4.69, 9.17) is 19.6 Å². The number of ether oxygens (including phenoxy) is 2. The van der Waals surface area contributed by atoms with E-state index in [1.165, 1.54) is 25.7 Å². The van der Waals surface area contributed by atoms with Gasteiger partial charge in [-0.15, -0.1) is 0 Å². The number of rotatable bonds is 7. The van der Waals surface area contributed by atoms with Gasteiger partial charge in [0.1, 0.15) is 6.10 Å². The van der Waals surface area contributed by atoms with Crippen molar-refractivity contribution in [2.24, 2.45) is 11.8 Å². The lowest BCUT2D eigenvalue weighted by Gasteiger charge is -2.16. The number of nitrogens with zero attached hydrogens (tertiary/aromatic N) is 7. The van der Waals surface area contributed by atoms with Crippen molar-refractivity contribution in [3.05, 3.63) is 43.2 Å². The van der Waals surface area contributed by atoms with Gasteiger partial charge < -0.3 is 9.47 Å². The van der Waals surface area contributed by atoms with Crippen LogP contribution in [0.15, 0.2) is 43.2 Å². The average molecular weight is 460 g/mol. The lowest BCUT2D eigenvalue weighted by atomic mass is 10.1. The molecule has 4 aromatic heterocycles. The van der Waals surface area contributed by atoms with E-state index in [0.717, 1.165) is 39.9 Å². The van der Waals surface area contributed by atoms with Gasteiger partial charge in [0, 0.05) is 23.5 Å². The van der Waals surface area contributed by atoms with Crippen LogP contribution in [0, 0.1) is 11.8 Å². The van der Waals surface area contributed by atoms with Gasteiger partial charge in [0.05, 0.1) is 60.9 Å². The lowest BCUT2D eigenvalue weighted by Crippen LogP contribution is -2.24. The summed E-state index contributed by atoms with van der Waals surface area (Å²) in [6.45, 7) is 5.07. The molecule has 0 amide bonds. The molecular weight excluding hydrogens is 430 g/mol. The van der Waals surface area contributed by atoms with E-state index in [2.05, 4.69) is 21.1 Å². The third kappa shape index (κ3) is 3.73. The third-order valence-corrected chi connectivity index (χ3v) is 7.17. The van der Waals surface area contributed by atoms with E-state index in [0.29, 0.717) is 19.2 Å². The number of hydrogen-bond acceptors (Lipinski definition) is 6. The molecule has 1 saturated heterocycles. The van der Waals surface area contributed by atoms with Crippen LogP contribution in [-0.4, -0.2) is 52.7 Å². The maximum atomic E-state index is 5.93. The fraction of sp³-hybridized carbons (Fsp3) is 0.520. The van der Waals surface area contributed by atoms with Crippen molar-refractivity contribution < 1.29 is 9.47 Å². The predicted octanol–water partition coefficient (Wildman–Crippen LogP) is 3.97. The predicted molar refractivity (Wildman–Crippen MR) is 125 cm³/mol. The van der Waals surface area contributed by atoms with E-state index >= 15 is 0 Å². The molecule has 1 unspecified atom stereocenters. The highest BCUT2D eigenvalue weighted by atomic mass is 16.7. The lowest BCUT2D eigenvalue weighted by molar-refractivity contribution is -0.139. The zero-order valence-corrected chi connectivity index (χ0v) is 19.5. The number of hydrogen-bond donors (Lipinski definition) is 0. The first-order valence-corrected chi connectivity index (χ1v) is 12.3. The minimum absolute atomic E-state index is 0.0171. The molecule has 0 radical (unpaired) electrons. The molecule has 3 aliphatic rings. The Labute approximate surface area is 197 Å². The summed E-state index contributed by atoms with van der Waals surface area (Å²) < 4.78 is 17.6. The SMILES string of the molecule is CC1(C)OCC(Cn2cc(-c3cn4nccc4c(-c4cnn(C(C5CC5)C5CC5)c4)n3)cn2)O1. The summed E-state index contributed by atoms with van der Waals surface area (Å²) in [6, 6.07) is 2.55. The molecule has 9 nitrogen and oxygen atoms in total. The maximum Gasteiger partial charge on any atom is 0.163 e. The fourth-order valence-corrected chi connectivity index (χ4v) is 5.25. The second kappa shape index (κ2) is 7.48. The van der Waals surface area contributed by atoms with Gasteiger partial charge in [0.15, 0.2) is 5.79 Å². The molecule has 0 aromatic carbocycles. The van der Waals surface area contributed by atoms with Gasteiger partial charge >= 0.3 is 0 Å². The number of aromatic nitrogens is 7. The second-order valence-corrected chi connectivity index (χ2v) is 10.4. The topological polar surface area (TPSA) is 84.3 Å². The van der Waals surface area contributed by atoms with E-state index in [9.17, 15) is 0 Å².